The molecule has 0 spiro atoms. The van der Waals surface area contributed by atoms with E-state index in [-0.39, 0.29) is 5.92 Å². The Balaban J connectivity index is 2.43. The molecule has 114 valence electrons. The van der Waals surface area contributed by atoms with Crippen molar-refractivity contribution >= 4 is 40.6 Å². The molecule has 0 N–H and O–H groups in total. The number of ketones is 1. The van der Waals surface area contributed by atoms with Crippen LogP contribution in [0.25, 0.3) is 0 Å². The average Bonchev–Trinajstić information content (AvgIpc) is 2.99. The zero-order chi connectivity index (χ0) is 14.6. The topological polar surface area (TPSA) is 17.1 Å². The van der Waals surface area contributed by atoms with E-state index in [1.54, 1.807) is 11.3 Å². The highest BCUT2D eigenvalue weighted by atomic mass is 32.2. The summed E-state index contributed by atoms with van der Waals surface area (Å²) in [6.45, 7) is 4.44. The molecule has 0 aliphatic rings. The number of hydrogen-bond donors (Lipinski definition) is 0. The molecule has 0 aliphatic carbocycles. The number of carbonyl (C=O) groups is 1. The highest BCUT2D eigenvalue weighted by Crippen LogP contribution is 2.23. The fraction of sp³-hybridized carbons (Fsp3) is 0.688. The molecule has 0 atom stereocenters. The number of thioether (sulfide) groups is 2. The van der Waals surface area contributed by atoms with Crippen molar-refractivity contribution < 1.29 is 4.79 Å². The van der Waals surface area contributed by atoms with E-state index in [2.05, 4.69) is 13.8 Å². The third-order valence-electron chi connectivity index (χ3n) is 3.06. The van der Waals surface area contributed by atoms with Crippen molar-refractivity contribution in [2.24, 2.45) is 5.92 Å². The molecular formula is C16H26OS3. The Morgan fingerprint density at radius 1 is 1.15 bits per heavy atom. The summed E-state index contributed by atoms with van der Waals surface area (Å²) in [7, 11) is 0. The Hall–Kier alpha value is 0.0700. The first-order valence-corrected chi connectivity index (χ1v) is 10.7. The highest BCUT2D eigenvalue weighted by molar-refractivity contribution is 8.00. The van der Waals surface area contributed by atoms with Gasteiger partial charge in [0.15, 0.2) is 5.78 Å². The maximum Gasteiger partial charge on any atom is 0.177 e. The molecule has 1 rings (SSSR count). The van der Waals surface area contributed by atoms with Crippen molar-refractivity contribution in [2.75, 3.05) is 23.0 Å². The lowest BCUT2D eigenvalue weighted by Crippen LogP contribution is -2.19. The van der Waals surface area contributed by atoms with E-state index in [0.29, 0.717) is 5.78 Å². The van der Waals surface area contributed by atoms with Gasteiger partial charge in [0.1, 0.15) is 0 Å². The highest BCUT2D eigenvalue weighted by Gasteiger charge is 2.20. The van der Waals surface area contributed by atoms with Crippen LogP contribution in [0.3, 0.4) is 0 Å². The maximum atomic E-state index is 12.5. The van der Waals surface area contributed by atoms with Gasteiger partial charge in [-0.05, 0) is 35.8 Å². The molecule has 0 saturated carbocycles. The van der Waals surface area contributed by atoms with Crippen molar-refractivity contribution in [1.82, 2.24) is 0 Å². The van der Waals surface area contributed by atoms with Crippen LogP contribution in [0, 0.1) is 5.92 Å². The number of carbonyl (C=O) groups excluding carboxylic acids is 1. The minimum Gasteiger partial charge on any atom is -0.293 e. The molecule has 1 aromatic rings. The molecular weight excluding hydrogens is 304 g/mol. The summed E-state index contributed by atoms with van der Waals surface area (Å²) in [5.74, 6) is 4.88. The van der Waals surface area contributed by atoms with Crippen LogP contribution >= 0.6 is 34.9 Å². The predicted molar refractivity (Wildman–Crippen MR) is 96.6 cm³/mol. The lowest BCUT2D eigenvalue weighted by atomic mass is 10.1. The summed E-state index contributed by atoms with van der Waals surface area (Å²) in [6, 6.07) is 3.94. The van der Waals surface area contributed by atoms with Gasteiger partial charge in [-0.25, -0.2) is 0 Å². The zero-order valence-electron chi connectivity index (χ0n) is 12.6. The standard InChI is InChI=1S/C16H26OS3/c1-3-5-9-18-12-14(13-19-10-6-4-2)16(17)15-8-7-11-20-15/h7-8,11,14H,3-6,9-10,12-13H2,1-2H3. The zero-order valence-corrected chi connectivity index (χ0v) is 15.0. The van der Waals surface area contributed by atoms with Gasteiger partial charge in [0.05, 0.1) is 4.88 Å². The van der Waals surface area contributed by atoms with E-state index in [1.807, 2.05) is 41.0 Å². The van der Waals surface area contributed by atoms with E-state index in [4.69, 9.17) is 0 Å². The Kier molecular flexibility index (Phi) is 10.6. The van der Waals surface area contributed by atoms with Crippen molar-refractivity contribution in [3.05, 3.63) is 22.4 Å². The first-order valence-electron chi connectivity index (χ1n) is 7.52. The van der Waals surface area contributed by atoms with Gasteiger partial charge in [-0.2, -0.15) is 23.5 Å². The molecule has 20 heavy (non-hydrogen) atoms. The van der Waals surface area contributed by atoms with E-state index in [9.17, 15) is 4.79 Å². The van der Waals surface area contributed by atoms with E-state index in [1.165, 1.54) is 37.2 Å². The van der Waals surface area contributed by atoms with Gasteiger partial charge in [-0.3, -0.25) is 4.79 Å². The predicted octanol–water partition coefficient (Wildman–Crippen LogP) is 5.61. The molecule has 1 heterocycles. The molecule has 0 aromatic carbocycles. The van der Waals surface area contributed by atoms with Crippen LogP contribution in [0.4, 0.5) is 0 Å². The molecule has 0 unspecified atom stereocenters. The van der Waals surface area contributed by atoms with Crippen LogP contribution in [-0.2, 0) is 0 Å². The Labute approximate surface area is 136 Å². The molecule has 0 amide bonds. The minimum absolute atomic E-state index is 0.192. The molecule has 0 saturated heterocycles. The van der Waals surface area contributed by atoms with Crippen LogP contribution in [0.1, 0.15) is 49.2 Å². The van der Waals surface area contributed by atoms with Gasteiger partial charge in [-0.15, -0.1) is 11.3 Å². The lowest BCUT2D eigenvalue weighted by Gasteiger charge is -2.14. The smallest absolute Gasteiger partial charge is 0.177 e. The number of rotatable bonds is 12. The summed E-state index contributed by atoms with van der Waals surface area (Å²) in [5.41, 5.74) is 0. The number of Topliss-reactive ketones (excluding diaryl/α,β-unsaturated/α-hetero) is 1. The molecule has 1 nitrogen and oxygen atoms in total. The van der Waals surface area contributed by atoms with Gasteiger partial charge in [-0.1, -0.05) is 32.8 Å². The summed E-state index contributed by atoms with van der Waals surface area (Å²) < 4.78 is 0. The van der Waals surface area contributed by atoms with Gasteiger partial charge in [0, 0.05) is 17.4 Å². The van der Waals surface area contributed by atoms with Crippen molar-refractivity contribution in [3.63, 3.8) is 0 Å². The Morgan fingerprint density at radius 2 is 1.75 bits per heavy atom. The second-order valence-corrected chi connectivity index (χ2v) is 8.14. The summed E-state index contributed by atoms with van der Waals surface area (Å²) in [4.78, 5) is 13.4. The summed E-state index contributed by atoms with van der Waals surface area (Å²) in [6.07, 6.45) is 4.99. The molecule has 0 radical (unpaired) electrons. The molecule has 1 aromatic heterocycles. The van der Waals surface area contributed by atoms with Gasteiger partial charge >= 0.3 is 0 Å². The van der Waals surface area contributed by atoms with E-state index < -0.39 is 0 Å². The number of thiophene rings is 1. The van der Waals surface area contributed by atoms with Gasteiger partial charge in [0.2, 0.25) is 0 Å². The monoisotopic (exact) mass is 330 g/mol. The maximum absolute atomic E-state index is 12.5. The normalized spacial score (nSPS) is 11.2. The third kappa shape index (κ3) is 7.19. The van der Waals surface area contributed by atoms with Crippen LogP contribution in [0.15, 0.2) is 17.5 Å². The molecule has 0 aliphatic heterocycles. The fourth-order valence-electron chi connectivity index (χ4n) is 1.76. The SMILES string of the molecule is CCCCSCC(CSCCCC)C(=O)c1cccs1. The van der Waals surface area contributed by atoms with Crippen LogP contribution in [0.5, 0.6) is 0 Å². The lowest BCUT2D eigenvalue weighted by molar-refractivity contribution is 0.0948. The van der Waals surface area contributed by atoms with Crippen molar-refractivity contribution in [3.8, 4) is 0 Å². The Bertz CT molecular complexity index is 337. The third-order valence-corrected chi connectivity index (χ3v) is 6.37. The minimum atomic E-state index is 0.192. The van der Waals surface area contributed by atoms with Crippen LogP contribution in [-0.4, -0.2) is 28.8 Å². The van der Waals surface area contributed by atoms with Gasteiger partial charge < -0.3 is 0 Å². The van der Waals surface area contributed by atoms with Crippen LogP contribution in [0.2, 0.25) is 0 Å². The largest absolute Gasteiger partial charge is 0.293 e. The van der Waals surface area contributed by atoms with Crippen molar-refractivity contribution in [1.29, 1.82) is 0 Å². The first kappa shape index (κ1) is 18.1. The second kappa shape index (κ2) is 11.7. The van der Waals surface area contributed by atoms with E-state index >= 15 is 0 Å². The fourth-order valence-corrected chi connectivity index (χ4v) is 5.08. The average molecular weight is 331 g/mol. The summed E-state index contributed by atoms with van der Waals surface area (Å²) >= 11 is 5.47. The quantitative estimate of drug-likeness (QED) is 0.366. The van der Waals surface area contributed by atoms with Gasteiger partial charge in [0.25, 0.3) is 0 Å². The molecule has 4 heteroatoms. The molecule has 0 fully saturated rings. The second-order valence-electron chi connectivity index (χ2n) is 4.90. The first-order chi connectivity index (χ1) is 9.79. The van der Waals surface area contributed by atoms with E-state index in [0.717, 1.165) is 16.4 Å². The molecule has 0 bridgehead atoms. The Morgan fingerprint density at radius 3 is 2.20 bits per heavy atom. The number of unbranched alkanes of at least 4 members (excludes halogenated alkanes) is 2. The van der Waals surface area contributed by atoms with Crippen molar-refractivity contribution in [2.45, 2.75) is 39.5 Å². The summed E-state index contributed by atoms with van der Waals surface area (Å²) in [5, 5.41) is 2.00. The number of hydrogen-bond acceptors (Lipinski definition) is 4. The van der Waals surface area contributed by atoms with Crippen LogP contribution < -0.4 is 0 Å².